The average molecular weight is 390 g/mol. The van der Waals surface area contributed by atoms with Gasteiger partial charge in [0.2, 0.25) is 0 Å². The van der Waals surface area contributed by atoms with Gasteiger partial charge in [0.05, 0.1) is 17.9 Å². The Morgan fingerprint density at radius 3 is 2.74 bits per heavy atom. The number of nitrogens with zero attached hydrogens (tertiary/aromatic N) is 3. The maximum atomic E-state index is 14.6. The van der Waals surface area contributed by atoms with Crippen LogP contribution >= 0.6 is 11.6 Å². The number of amides is 1. The molecule has 0 spiro atoms. The Bertz CT molecular complexity index is 842. The SMILES string of the molecule is CC(Cl)CCCc1nc2c(n1-c1ccccc1F)CN(C1CCCC1)C2=O. The Morgan fingerprint density at radius 2 is 2.04 bits per heavy atom. The van der Waals surface area contributed by atoms with E-state index in [0.717, 1.165) is 37.2 Å². The number of alkyl halides is 1. The number of rotatable bonds is 6. The van der Waals surface area contributed by atoms with E-state index in [-0.39, 0.29) is 17.1 Å². The molecule has 1 unspecified atom stereocenters. The van der Waals surface area contributed by atoms with Crippen molar-refractivity contribution >= 4 is 17.5 Å². The highest BCUT2D eigenvalue weighted by molar-refractivity contribution is 6.20. The first-order chi connectivity index (χ1) is 13.1. The second-order valence-corrected chi connectivity index (χ2v) is 8.40. The monoisotopic (exact) mass is 389 g/mol. The van der Waals surface area contributed by atoms with Crippen molar-refractivity contribution in [2.45, 2.75) is 69.8 Å². The standard InChI is InChI=1S/C21H25ClFN3O/c1-14(22)7-6-12-19-24-20-18(26(19)17-11-5-4-10-16(17)23)13-25(21(20)27)15-8-2-3-9-15/h4-5,10-11,14-15H,2-3,6-9,12-13H2,1H3. The number of hydrogen-bond donors (Lipinski definition) is 0. The molecule has 1 aromatic carbocycles. The summed E-state index contributed by atoms with van der Waals surface area (Å²) in [6.45, 7) is 2.49. The number of benzene rings is 1. The van der Waals surface area contributed by atoms with E-state index >= 15 is 0 Å². The number of fused-ring (bicyclic) bond motifs is 1. The summed E-state index contributed by atoms with van der Waals surface area (Å²) in [5.41, 5.74) is 1.80. The van der Waals surface area contributed by atoms with Gasteiger partial charge in [-0.3, -0.25) is 9.36 Å². The van der Waals surface area contributed by atoms with Crippen LogP contribution in [0.25, 0.3) is 5.69 Å². The zero-order valence-corrected chi connectivity index (χ0v) is 16.4. The lowest BCUT2D eigenvalue weighted by Crippen LogP contribution is -2.34. The van der Waals surface area contributed by atoms with Crippen LogP contribution in [0.4, 0.5) is 4.39 Å². The number of para-hydroxylation sites is 1. The molecule has 4 rings (SSSR count). The molecule has 1 saturated carbocycles. The maximum absolute atomic E-state index is 14.6. The van der Waals surface area contributed by atoms with Crippen LogP contribution in [0.3, 0.4) is 0 Å². The Balaban J connectivity index is 1.70. The third-order valence-corrected chi connectivity index (χ3v) is 5.91. The predicted molar refractivity (Wildman–Crippen MR) is 104 cm³/mol. The van der Waals surface area contributed by atoms with Gasteiger partial charge in [-0.15, -0.1) is 11.6 Å². The Morgan fingerprint density at radius 1 is 1.30 bits per heavy atom. The minimum Gasteiger partial charge on any atom is -0.328 e. The average Bonchev–Trinajstić information content (AvgIpc) is 3.33. The Kier molecular flexibility index (Phi) is 5.22. The lowest BCUT2D eigenvalue weighted by atomic mass is 10.2. The summed E-state index contributed by atoms with van der Waals surface area (Å²) in [5, 5.41) is 0.0909. The maximum Gasteiger partial charge on any atom is 0.275 e. The van der Waals surface area contributed by atoms with E-state index in [1.54, 1.807) is 12.1 Å². The highest BCUT2D eigenvalue weighted by Gasteiger charge is 2.39. The van der Waals surface area contributed by atoms with Crippen molar-refractivity contribution < 1.29 is 9.18 Å². The number of hydrogen-bond acceptors (Lipinski definition) is 2. The molecule has 1 aromatic heterocycles. The van der Waals surface area contributed by atoms with Crippen molar-refractivity contribution in [2.75, 3.05) is 0 Å². The van der Waals surface area contributed by atoms with E-state index in [0.29, 0.717) is 30.4 Å². The van der Waals surface area contributed by atoms with Gasteiger partial charge in [-0.2, -0.15) is 0 Å². The van der Waals surface area contributed by atoms with Crippen molar-refractivity contribution in [1.82, 2.24) is 14.5 Å². The molecule has 1 aliphatic heterocycles. The van der Waals surface area contributed by atoms with E-state index < -0.39 is 0 Å². The zero-order chi connectivity index (χ0) is 19.0. The zero-order valence-electron chi connectivity index (χ0n) is 15.6. The largest absolute Gasteiger partial charge is 0.328 e. The van der Waals surface area contributed by atoms with Crippen molar-refractivity contribution in [2.24, 2.45) is 0 Å². The first-order valence-electron chi connectivity index (χ1n) is 9.86. The molecular formula is C21H25ClFN3O. The first-order valence-corrected chi connectivity index (χ1v) is 10.3. The number of carbonyl (C=O) groups is 1. The molecule has 4 nitrogen and oxygen atoms in total. The van der Waals surface area contributed by atoms with Crippen LogP contribution in [0.5, 0.6) is 0 Å². The first kappa shape index (κ1) is 18.5. The number of carbonyl (C=O) groups excluding carboxylic acids is 1. The number of imidazole rings is 1. The van der Waals surface area contributed by atoms with Crippen LogP contribution < -0.4 is 0 Å². The van der Waals surface area contributed by atoms with E-state index in [4.69, 9.17) is 11.6 Å². The van der Waals surface area contributed by atoms with E-state index in [9.17, 15) is 9.18 Å². The Hall–Kier alpha value is -1.88. The minimum absolute atomic E-state index is 0.000972. The summed E-state index contributed by atoms with van der Waals surface area (Å²) in [6, 6.07) is 7.01. The van der Waals surface area contributed by atoms with Crippen LogP contribution in [0, 0.1) is 5.82 Å². The van der Waals surface area contributed by atoms with Crippen LogP contribution in [-0.4, -0.2) is 31.8 Å². The van der Waals surface area contributed by atoms with Crippen LogP contribution in [0.1, 0.15) is 67.5 Å². The van der Waals surface area contributed by atoms with Crippen LogP contribution in [0.15, 0.2) is 24.3 Å². The van der Waals surface area contributed by atoms with Gasteiger partial charge in [-0.1, -0.05) is 25.0 Å². The highest BCUT2D eigenvalue weighted by atomic mass is 35.5. The molecule has 0 radical (unpaired) electrons. The normalized spacial score (nSPS) is 18.3. The number of aryl methyl sites for hydroxylation is 1. The number of halogens is 2. The molecule has 1 amide bonds. The fraction of sp³-hybridized carbons (Fsp3) is 0.524. The highest BCUT2D eigenvalue weighted by Crippen LogP contribution is 2.34. The summed E-state index contributed by atoms with van der Waals surface area (Å²) in [6.07, 6.45) is 6.83. The third kappa shape index (κ3) is 3.49. The molecular weight excluding hydrogens is 365 g/mol. The molecule has 0 saturated heterocycles. The lowest BCUT2D eigenvalue weighted by Gasteiger charge is -2.24. The topological polar surface area (TPSA) is 38.1 Å². The summed E-state index contributed by atoms with van der Waals surface area (Å²) in [7, 11) is 0. The molecule has 1 atom stereocenters. The molecule has 2 heterocycles. The third-order valence-electron chi connectivity index (χ3n) is 5.69. The lowest BCUT2D eigenvalue weighted by molar-refractivity contribution is 0.0699. The second-order valence-electron chi connectivity index (χ2n) is 7.65. The smallest absolute Gasteiger partial charge is 0.275 e. The van der Waals surface area contributed by atoms with Crippen molar-refractivity contribution in [1.29, 1.82) is 0 Å². The molecule has 144 valence electrons. The molecule has 27 heavy (non-hydrogen) atoms. The van der Waals surface area contributed by atoms with Gasteiger partial charge in [0.15, 0.2) is 5.69 Å². The van der Waals surface area contributed by atoms with E-state index in [2.05, 4.69) is 4.98 Å². The van der Waals surface area contributed by atoms with Gasteiger partial charge in [-0.05, 0) is 44.7 Å². The fourth-order valence-electron chi connectivity index (χ4n) is 4.33. The van der Waals surface area contributed by atoms with Gasteiger partial charge in [0, 0.05) is 17.8 Å². The van der Waals surface area contributed by atoms with E-state index in [1.165, 1.54) is 18.9 Å². The van der Waals surface area contributed by atoms with Gasteiger partial charge in [0.1, 0.15) is 11.6 Å². The fourth-order valence-corrected chi connectivity index (χ4v) is 4.48. The van der Waals surface area contributed by atoms with Crippen molar-refractivity contribution in [3.05, 3.63) is 47.3 Å². The summed E-state index contributed by atoms with van der Waals surface area (Å²) in [4.78, 5) is 19.6. The minimum atomic E-state index is -0.295. The molecule has 2 aliphatic rings. The molecule has 0 bridgehead atoms. The molecule has 1 fully saturated rings. The molecule has 2 aromatic rings. The van der Waals surface area contributed by atoms with Crippen molar-refractivity contribution in [3.63, 3.8) is 0 Å². The summed E-state index contributed by atoms with van der Waals surface area (Å²) in [5.74, 6) is 0.456. The summed E-state index contributed by atoms with van der Waals surface area (Å²) < 4.78 is 16.5. The molecule has 0 N–H and O–H groups in total. The van der Waals surface area contributed by atoms with Crippen molar-refractivity contribution in [3.8, 4) is 5.69 Å². The predicted octanol–water partition coefficient (Wildman–Crippen LogP) is 4.86. The summed E-state index contributed by atoms with van der Waals surface area (Å²) >= 11 is 6.07. The van der Waals surface area contributed by atoms with Gasteiger partial charge in [0.25, 0.3) is 5.91 Å². The Labute approximate surface area is 164 Å². The van der Waals surface area contributed by atoms with Crippen LogP contribution in [0.2, 0.25) is 0 Å². The van der Waals surface area contributed by atoms with E-state index in [1.807, 2.05) is 22.5 Å². The van der Waals surface area contributed by atoms with Gasteiger partial charge < -0.3 is 4.90 Å². The van der Waals surface area contributed by atoms with Gasteiger partial charge in [-0.25, -0.2) is 9.37 Å². The quantitative estimate of drug-likeness (QED) is 0.662. The molecule has 6 heteroatoms. The van der Waals surface area contributed by atoms with Gasteiger partial charge >= 0.3 is 0 Å². The second kappa shape index (κ2) is 7.63. The molecule has 1 aliphatic carbocycles. The van der Waals surface area contributed by atoms with Crippen LogP contribution in [-0.2, 0) is 13.0 Å². The number of aromatic nitrogens is 2.